The summed E-state index contributed by atoms with van der Waals surface area (Å²) in [6.45, 7) is 6.54. The molecule has 9 heteroatoms. The predicted molar refractivity (Wildman–Crippen MR) is 117 cm³/mol. The van der Waals surface area contributed by atoms with Crippen molar-refractivity contribution in [2.45, 2.75) is 37.7 Å². The van der Waals surface area contributed by atoms with E-state index in [1.807, 2.05) is 24.3 Å². The van der Waals surface area contributed by atoms with Crippen molar-refractivity contribution >= 4 is 21.6 Å². The number of benzene rings is 1. The number of likely N-dealkylation sites (N-methyl/N-ethyl adjacent to an activating group) is 2. The Morgan fingerprint density at radius 3 is 2.65 bits per heavy atom. The normalized spacial score (nSPS) is 19.2. The molecule has 0 unspecified atom stereocenters. The number of nitrogens with zero attached hydrogens (tertiary/aromatic N) is 3. The molecular weight excluding hydrogens is 418 g/mol. The number of carbonyl (C=O) groups excluding carboxylic acids is 1. The average molecular weight is 448 g/mol. The van der Waals surface area contributed by atoms with E-state index in [2.05, 4.69) is 11.8 Å². The summed E-state index contributed by atoms with van der Waals surface area (Å²) in [6.07, 6.45) is 1.50. The third kappa shape index (κ3) is 4.16. The van der Waals surface area contributed by atoms with Crippen LogP contribution in [0.15, 0.2) is 39.6 Å². The monoisotopic (exact) mass is 447 g/mol. The van der Waals surface area contributed by atoms with Crippen molar-refractivity contribution in [2.75, 3.05) is 44.7 Å². The number of carbonyl (C=O) groups is 1. The van der Waals surface area contributed by atoms with Gasteiger partial charge in [-0.2, -0.15) is 4.31 Å². The van der Waals surface area contributed by atoms with Crippen LogP contribution in [0.25, 0.3) is 0 Å². The number of hydrogen-bond acceptors (Lipinski definition) is 6. The quantitative estimate of drug-likeness (QED) is 0.677. The van der Waals surface area contributed by atoms with Gasteiger partial charge in [0.05, 0.1) is 18.8 Å². The molecule has 0 spiro atoms. The second-order valence-corrected chi connectivity index (χ2v) is 9.98. The highest BCUT2D eigenvalue weighted by molar-refractivity contribution is 7.89. The number of rotatable bonds is 6. The van der Waals surface area contributed by atoms with Gasteiger partial charge in [-0.1, -0.05) is 12.1 Å². The van der Waals surface area contributed by atoms with Gasteiger partial charge < -0.3 is 19.0 Å². The molecule has 1 aromatic carbocycles. The lowest BCUT2D eigenvalue weighted by atomic mass is 10.2. The zero-order chi connectivity index (χ0) is 22.2. The average Bonchev–Trinajstić information content (AvgIpc) is 3.43. The largest absolute Gasteiger partial charge is 0.485 e. The molecule has 2 aliphatic heterocycles. The van der Waals surface area contributed by atoms with Crippen molar-refractivity contribution < 1.29 is 22.4 Å². The topological polar surface area (TPSA) is 83.3 Å². The molecule has 2 aliphatic rings. The van der Waals surface area contributed by atoms with E-state index in [0.29, 0.717) is 26.2 Å². The zero-order valence-electron chi connectivity index (χ0n) is 18.2. The van der Waals surface area contributed by atoms with E-state index in [9.17, 15) is 13.2 Å². The molecule has 31 heavy (non-hydrogen) atoms. The minimum Gasteiger partial charge on any atom is -0.485 e. The molecule has 1 atom stereocenters. The van der Waals surface area contributed by atoms with E-state index in [4.69, 9.17) is 9.15 Å². The summed E-state index contributed by atoms with van der Waals surface area (Å²) in [5, 5.41) is 0. The summed E-state index contributed by atoms with van der Waals surface area (Å²) >= 11 is 0. The first-order valence-electron chi connectivity index (χ1n) is 10.7. The molecule has 0 aliphatic carbocycles. The lowest BCUT2D eigenvalue weighted by Crippen LogP contribution is -2.46. The fourth-order valence-electron chi connectivity index (χ4n) is 4.24. The van der Waals surface area contributed by atoms with Gasteiger partial charge in [0.2, 0.25) is 10.0 Å². The molecule has 0 N–H and O–H groups in total. The minimum atomic E-state index is -3.64. The number of sulfonamides is 1. The molecule has 0 saturated carbocycles. The Morgan fingerprint density at radius 1 is 1.23 bits per heavy atom. The van der Waals surface area contributed by atoms with Gasteiger partial charge in [0.25, 0.3) is 5.91 Å². The summed E-state index contributed by atoms with van der Waals surface area (Å²) in [5.41, 5.74) is 1.05. The van der Waals surface area contributed by atoms with E-state index in [1.54, 1.807) is 14.0 Å². The Balaban J connectivity index is 1.48. The highest BCUT2D eigenvalue weighted by Gasteiger charge is 2.33. The van der Waals surface area contributed by atoms with Gasteiger partial charge in [0, 0.05) is 32.7 Å². The smallest absolute Gasteiger partial charge is 0.289 e. The first-order chi connectivity index (χ1) is 14.8. The standard InChI is InChI=1S/C22H29N3O5S/c1-4-24-15-17(30-19-10-6-5-9-18(19)24)14-23(3)22(26)20-13-21(16(2)29-20)31(27,28)25-11-7-8-12-25/h5-6,9-10,13,17H,4,7-8,11-12,14-15H2,1-3H3/t17-/m1/s1. The maximum atomic E-state index is 13.0. The van der Waals surface area contributed by atoms with Crippen molar-refractivity contribution in [3.63, 3.8) is 0 Å². The van der Waals surface area contributed by atoms with E-state index < -0.39 is 10.0 Å². The minimum absolute atomic E-state index is 0.0290. The Kier molecular flexibility index (Phi) is 5.98. The Bertz CT molecular complexity index is 1060. The Morgan fingerprint density at radius 2 is 1.94 bits per heavy atom. The van der Waals surface area contributed by atoms with Gasteiger partial charge in [-0.15, -0.1) is 0 Å². The Hall–Kier alpha value is -2.52. The zero-order valence-corrected chi connectivity index (χ0v) is 19.0. The Labute approximate surface area is 183 Å². The van der Waals surface area contributed by atoms with Crippen LogP contribution in [-0.4, -0.2) is 69.4 Å². The van der Waals surface area contributed by atoms with Crippen LogP contribution >= 0.6 is 0 Å². The van der Waals surface area contributed by atoms with Crippen LogP contribution in [0, 0.1) is 6.92 Å². The van der Waals surface area contributed by atoms with Crippen molar-refractivity contribution in [2.24, 2.45) is 0 Å². The molecule has 0 bridgehead atoms. The van der Waals surface area contributed by atoms with Gasteiger partial charge in [-0.05, 0) is 38.8 Å². The van der Waals surface area contributed by atoms with Crippen LogP contribution in [0.5, 0.6) is 5.75 Å². The summed E-state index contributed by atoms with van der Waals surface area (Å²) < 4.78 is 38.9. The van der Waals surface area contributed by atoms with Gasteiger partial charge in [-0.3, -0.25) is 4.79 Å². The molecule has 168 valence electrons. The number of amides is 1. The number of furan rings is 1. The van der Waals surface area contributed by atoms with E-state index >= 15 is 0 Å². The van der Waals surface area contributed by atoms with Crippen LogP contribution in [0.3, 0.4) is 0 Å². The van der Waals surface area contributed by atoms with Crippen LogP contribution in [0.1, 0.15) is 36.1 Å². The third-order valence-corrected chi connectivity index (χ3v) is 7.90. The van der Waals surface area contributed by atoms with E-state index in [1.165, 1.54) is 15.3 Å². The molecular formula is C22H29N3O5S. The molecule has 2 aromatic rings. The number of ether oxygens (including phenoxy) is 1. The molecule has 1 aromatic heterocycles. The van der Waals surface area contributed by atoms with Crippen molar-refractivity contribution in [1.29, 1.82) is 0 Å². The molecule has 8 nitrogen and oxygen atoms in total. The second-order valence-electron chi connectivity index (χ2n) is 8.07. The molecule has 0 radical (unpaired) electrons. The number of hydrogen-bond donors (Lipinski definition) is 0. The van der Waals surface area contributed by atoms with Crippen LogP contribution in [0.4, 0.5) is 5.69 Å². The number of para-hydroxylation sites is 2. The molecule has 3 heterocycles. The fourth-order valence-corrected chi connectivity index (χ4v) is 5.92. The SMILES string of the molecule is CCN1C[C@@H](CN(C)C(=O)c2cc(S(=O)(=O)N3CCCC3)c(C)o2)Oc2ccccc21. The fraction of sp³-hybridized carbons (Fsp3) is 0.500. The van der Waals surface area contributed by atoms with Crippen LogP contribution in [0.2, 0.25) is 0 Å². The first kappa shape index (κ1) is 21.7. The molecule has 1 fully saturated rings. The van der Waals surface area contributed by atoms with Gasteiger partial charge in [0.1, 0.15) is 22.5 Å². The highest BCUT2D eigenvalue weighted by atomic mass is 32.2. The first-order valence-corrected chi connectivity index (χ1v) is 12.1. The van der Waals surface area contributed by atoms with E-state index in [-0.39, 0.29) is 28.4 Å². The molecule has 1 amide bonds. The highest BCUT2D eigenvalue weighted by Crippen LogP contribution is 2.33. The number of aryl methyl sites for hydroxylation is 1. The molecule has 1 saturated heterocycles. The van der Waals surface area contributed by atoms with Gasteiger partial charge in [0.15, 0.2) is 5.76 Å². The maximum absolute atomic E-state index is 13.0. The lowest BCUT2D eigenvalue weighted by molar-refractivity contribution is 0.0678. The lowest BCUT2D eigenvalue weighted by Gasteiger charge is -2.37. The summed E-state index contributed by atoms with van der Waals surface area (Å²) in [4.78, 5) is 16.8. The maximum Gasteiger partial charge on any atom is 0.289 e. The third-order valence-electron chi connectivity index (χ3n) is 5.90. The molecule has 4 rings (SSSR count). The van der Waals surface area contributed by atoms with Gasteiger partial charge >= 0.3 is 0 Å². The van der Waals surface area contributed by atoms with Crippen LogP contribution < -0.4 is 9.64 Å². The van der Waals surface area contributed by atoms with Crippen molar-refractivity contribution in [3.8, 4) is 5.75 Å². The van der Waals surface area contributed by atoms with Crippen molar-refractivity contribution in [3.05, 3.63) is 41.9 Å². The predicted octanol–water partition coefficient (Wildman–Crippen LogP) is 2.73. The summed E-state index contributed by atoms with van der Waals surface area (Å²) in [5.74, 6) is 0.704. The number of anilines is 1. The summed E-state index contributed by atoms with van der Waals surface area (Å²) in [6, 6.07) is 9.22. The van der Waals surface area contributed by atoms with E-state index in [0.717, 1.165) is 30.8 Å². The van der Waals surface area contributed by atoms with Crippen molar-refractivity contribution in [1.82, 2.24) is 9.21 Å². The summed E-state index contributed by atoms with van der Waals surface area (Å²) in [7, 11) is -1.97. The van der Waals surface area contributed by atoms with Crippen LogP contribution in [-0.2, 0) is 10.0 Å². The second kappa shape index (κ2) is 8.55. The number of fused-ring (bicyclic) bond motifs is 1. The van der Waals surface area contributed by atoms with Gasteiger partial charge in [-0.25, -0.2) is 8.42 Å².